The summed E-state index contributed by atoms with van der Waals surface area (Å²) in [6.45, 7) is 8.28. The summed E-state index contributed by atoms with van der Waals surface area (Å²) in [6.07, 6.45) is 1.23. The lowest BCUT2D eigenvalue weighted by molar-refractivity contribution is -0.116. The largest absolute Gasteiger partial charge is 0.492 e. The Balaban J connectivity index is 1.67. The van der Waals surface area contributed by atoms with Gasteiger partial charge in [0.2, 0.25) is 5.91 Å². The standard InChI is InChI=1S/C23H27NO4/c1-5-27-22-12-17-11-16(4)28-21(17)13-19(22)24-23(26)9-8-20(25)18-10-14(2)6-7-15(18)3/h6-7,10,12-13,16H,5,8-9,11H2,1-4H3,(H,24,26). The van der Waals surface area contributed by atoms with Gasteiger partial charge in [-0.25, -0.2) is 0 Å². The summed E-state index contributed by atoms with van der Waals surface area (Å²) in [4.78, 5) is 25.0. The number of anilines is 1. The van der Waals surface area contributed by atoms with Gasteiger partial charge < -0.3 is 14.8 Å². The number of nitrogens with one attached hydrogen (secondary N) is 1. The van der Waals surface area contributed by atoms with E-state index in [1.165, 1.54) is 0 Å². The molecule has 1 N–H and O–H groups in total. The summed E-state index contributed by atoms with van der Waals surface area (Å²) in [7, 11) is 0. The molecule has 28 heavy (non-hydrogen) atoms. The monoisotopic (exact) mass is 381 g/mol. The highest BCUT2D eigenvalue weighted by Gasteiger charge is 2.22. The Morgan fingerprint density at radius 1 is 1.18 bits per heavy atom. The van der Waals surface area contributed by atoms with Crippen molar-refractivity contribution in [1.29, 1.82) is 0 Å². The van der Waals surface area contributed by atoms with E-state index in [0.717, 1.165) is 28.9 Å². The number of amides is 1. The molecule has 1 aliphatic heterocycles. The number of carbonyl (C=O) groups is 2. The highest BCUT2D eigenvalue weighted by atomic mass is 16.5. The van der Waals surface area contributed by atoms with E-state index in [9.17, 15) is 9.59 Å². The van der Waals surface area contributed by atoms with Gasteiger partial charge in [0.05, 0.1) is 12.3 Å². The molecule has 1 unspecified atom stereocenters. The molecule has 2 aromatic rings. The molecule has 0 saturated carbocycles. The first-order valence-corrected chi connectivity index (χ1v) is 9.74. The molecule has 1 heterocycles. The first kappa shape index (κ1) is 19.9. The summed E-state index contributed by atoms with van der Waals surface area (Å²) in [5, 5.41) is 2.88. The van der Waals surface area contributed by atoms with E-state index >= 15 is 0 Å². The van der Waals surface area contributed by atoms with Crippen molar-refractivity contribution < 1.29 is 19.1 Å². The maximum atomic E-state index is 12.5. The van der Waals surface area contributed by atoms with Crippen molar-refractivity contribution in [2.75, 3.05) is 11.9 Å². The van der Waals surface area contributed by atoms with Crippen molar-refractivity contribution in [3.05, 3.63) is 52.6 Å². The average molecular weight is 381 g/mol. The van der Waals surface area contributed by atoms with Gasteiger partial charge in [0.1, 0.15) is 17.6 Å². The van der Waals surface area contributed by atoms with Crippen LogP contribution < -0.4 is 14.8 Å². The summed E-state index contributed by atoms with van der Waals surface area (Å²) in [5.74, 6) is 1.17. The van der Waals surface area contributed by atoms with Gasteiger partial charge in [-0.3, -0.25) is 9.59 Å². The molecule has 2 aromatic carbocycles. The van der Waals surface area contributed by atoms with Gasteiger partial charge in [0.25, 0.3) is 0 Å². The first-order chi connectivity index (χ1) is 13.4. The van der Waals surface area contributed by atoms with Crippen LogP contribution >= 0.6 is 0 Å². The molecule has 0 aromatic heterocycles. The molecule has 1 atom stereocenters. The van der Waals surface area contributed by atoms with Crippen LogP contribution in [0.5, 0.6) is 11.5 Å². The van der Waals surface area contributed by atoms with Crippen molar-refractivity contribution in [2.24, 2.45) is 0 Å². The lowest BCUT2D eigenvalue weighted by atomic mass is 9.99. The van der Waals surface area contributed by atoms with E-state index in [4.69, 9.17) is 9.47 Å². The van der Waals surface area contributed by atoms with Gasteiger partial charge in [0.15, 0.2) is 5.78 Å². The average Bonchev–Trinajstić information content (AvgIpc) is 3.01. The van der Waals surface area contributed by atoms with Gasteiger partial charge >= 0.3 is 0 Å². The molecule has 1 amide bonds. The molecule has 0 spiro atoms. The van der Waals surface area contributed by atoms with Crippen LogP contribution in [-0.4, -0.2) is 24.4 Å². The van der Waals surface area contributed by atoms with Gasteiger partial charge in [-0.05, 0) is 45.4 Å². The van der Waals surface area contributed by atoms with Crippen LogP contribution in [0, 0.1) is 13.8 Å². The Hall–Kier alpha value is -2.82. The molecule has 0 bridgehead atoms. The molecule has 0 radical (unpaired) electrons. The zero-order valence-electron chi connectivity index (χ0n) is 16.9. The number of ketones is 1. The Kier molecular flexibility index (Phi) is 6.02. The molecule has 148 valence electrons. The molecular weight excluding hydrogens is 354 g/mol. The van der Waals surface area contributed by atoms with E-state index in [1.807, 2.05) is 58.0 Å². The minimum absolute atomic E-state index is 0.0208. The minimum Gasteiger partial charge on any atom is -0.492 e. The molecule has 0 fully saturated rings. The third-order valence-electron chi connectivity index (χ3n) is 4.84. The third-order valence-corrected chi connectivity index (χ3v) is 4.84. The second-order valence-corrected chi connectivity index (χ2v) is 7.31. The molecule has 5 nitrogen and oxygen atoms in total. The van der Waals surface area contributed by atoms with E-state index in [-0.39, 0.29) is 30.6 Å². The lowest BCUT2D eigenvalue weighted by Gasteiger charge is -2.13. The van der Waals surface area contributed by atoms with Crippen LogP contribution in [0.1, 0.15) is 53.7 Å². The number of hydrogen-bond donors (Lipinski definition) is 1. The van der Waals surface area contributed by atoms with Crippen LogP contribution in [0.2, 0.25) is 0 Å². The number of ether oxygens (including phenoxy) is 2. The van der Waals surface area contributed by atoms with Crippen LogP contribution in [0.15, 0.2) is 30.3 Å². The first-order valence-electron chi connectivity index (χ1n) is 9.74. The van der Waals surface area contributed by atoms with Gasteiger partial charge in [0, 0.05) is 36.5 Å². The lowest BCUT2D eigenvalue weighted by Crippen LogP contribution is -2.15. The summed E-state index contributed by atoms with van der Waals surface area (Å²) in [6, 6.07) is 9.53. The van der Waals surface area contributed by atoms with E-state index in [0.29, 0.717) is 23.6 Å². The third kappa shape index (κ3) is 4.53. The number of Topliss-reactive ketones (excluding diaryl/α,β-unsaturated/α-hetero) is 1. The fourth-order valence-electron chi connectivity index (χ4n) is 3.42. The topological polar surface area (TPSA) is 64.6 Å². The second kappa shape index (κ2) is 8.46. The highest BCUT2D eigenvalue weighted by molar-refractivity contribution is 6.01. The molecule has 1 aliphatic rings. The fraction of sp³-hybridized carbons (Fsp3) is 0.391. The molecule has 0 saturated heterocycles. The zero-order valence-corrected chi connectivity index (χ0v) is 16.9. The van der Waals surface area contributed by atoms with Crippen LogP contribution in [0.4, 0.5) is 5.69 Å². The second-order valence-electron chi connectivity index (χ2n) is 7.31. The van der Waals surface area contributed by atoms with Crippen LogP contribution in [-0.2, 0) is 11.2 Å². The number of fused-ring (bicyclic) bond motifs is 1. The van der Waals surface area contributed by atoms with Gasteiger partial charge in [-0.15, -0.1) is 0 Å². The number of hydrogen-bond acceptors (Lipinski definition) is 4. The maximum Gasteiger partial charge on any atom is 0.224 e. The van der Waals surface area contributed by atoms with E-state index < -0.39 is 0 Å². The maximum absolute atomic E-state index is 12.5. The minimum atomic E-state index is -0.217. The Labute approximate surface area is 166 Å². The quantitative estimate of drug-likeness (QED) is 0.711. The molecule has 3 rings (SSSR count). The van der Waals surface area contributed by atoms with Crippen molar-refractivity contribution in [2.45, 2.75) is 53.1 Å². The summed E-state index contributed by atoms with van der Waals surface area (Å²) < 4.78 is 11.5. The van der Waals surface area contributed by atoms with Gasteiger partial charge in [-0.2, -0.15) is 0 Å². The fourth-order valence-corrected chi connectivity index (χ4v) is 3.42. The Morgan fingerprint density at radius 3 is 2.71 bits per heavy atom. The highest BCUT2D eigenvalue weighted by Crippen LogP contribution is 2.38. The number of aryl methyl sites for hydroxylation is 2. The summed E-state index contributed by atoms with van der Waals surface area (Å²) >= 11 is 0. The van der Waals surface area contributed by atoms with Crippen molar-refractivity contribution >= 4 is 17.4 Å². The predicted molar refractivity (Wildman–Crippen MR) is 110 cm³/mol. The zero-order chi connectivity index (χ0) is 20.3. The normalized spacial score (nSPS) is 14.9. The Morgan fingerprint density at radius 2 is 1.96 bits per heavy atom. The van der Waals surface area contributed by atoms with Crippen molar-refractivity contribution in [1.82, 2.24) is 0 Å². The number of rotatable bonds is 7. The molecule has 0 aliphatic carbocycles. The van der Waals surface area contributed by atoms with Crippen molar-refractivity contribution in [3.63, 3.8) is 0 Å². The van der Waals surface area contributed by atoms with Crippen LogP contribution in [0.3, 0.4) is 0 Å². The molecule has 5 heteroatoms. The van der Waals surface area contributed by atoms with Crippen LogP contribution in [0.25, 0.3) is 0 Å². The summed E-state index contributed by atoms with van der Waals surface area (Å²) in [5.41, 5.74) is 4.31. The van der Waals surface area contributed by atoms with Gasteiger partial charge in [-0.1, -0.05) is 17.7 Å². The SMILES string of the molecule is CCOc1cc2c(cc1NC(=O)CCC(=O)c1cc(C)ccc1C)OC(C)C2. The van der Waals surface area contributed by atoms with E-state index in [1.54, 1.807) is 0 Å². The smallest absolute Gasteiger partial charge is 0.224 e. The number of carbonyl (C=O) groups excluding carboxylic acids is 2. The predicted octanol–water partition coefficient (Wildman–Crippen LogP) is 4.63. The van der Waals surface area contributed by atoms with Crippen molar-refractivity contribution in [3.8, 4) is 11.5 Å². The van der Waals surface area contributed by atoms with E-state index in [2.05, 4.69) is 5.32 Å². The number of benzene rings is 2. The molecular formula is C23H27NO4. The Bertz CT molecular complexity index is 904.